The summed E-state index contributed by atoms with van der Waals surface area (Å²) in [6.07, 6.45) is 0.879. The Labute approximate surface area is 170 Å². The second kappa shape index (κ2) is 10.3. The molecule has 0 aromatic heterocycles. The number of esters is 1. The molecule has 1 N–H and O–H groups in total. The highest BCUT2D eigenvalue weighted by Gasteiger charge is 2.36. The van der Waals surface area contributed by atoms with Gasteiger partial charge >= 0.3 is 5.97 Å². The summed E-state index contributed by atoms with van der Waals surface area (Å²) in [7, 11) is 0. The number of para-hydroxylation sites is 2. The van der Waals surface area contributed by atoms with Crippen LogP contribution in [-0.2, 0) is 14.3 Å². The molecule has 7 heteroatoms. The third-order valence-corrected chi connectivity index (χ3v) is 4.38. The van der Waals surface area contributed by atoms with E-state index in [1.165, 1.54) is 0 Å². The monoisotopic (exact) mass is 395 g/mol. The first-order chi connectivity index (χ1) is 14.2. The van der Waals surface area contributed by atoms with Gasteiger partial charge in [0.05, 0.1) is 18.9 Å². The smallest absolute Gasteiger partial charge is 0.354 e. The number of ether oxygens (including phenoxy) is 2. The van der Waals surface area contributed by atoms with Crippen molar-refractivity contribution in [1.82, 2.24) is 5.32 Å². The highest BCUT2D eigenvalue weighted by atomic mass is 16.5. The van der Waals surface area contributed by atoms with E-state index in [0.717, 1.165) is 11.4 Å². The zero-order valence-electron chi connectivity index (χ0n) is 16.4. The largest absolute Gasteiger partial charge is 0.494 e. The molecule has 0 bridgehead atoms. The Morgan fingerprint density at radius 2 is 1.79 bits per heavy atom. The summed E-state index contributed by atoms with van der Waals surface area (Å²) < 4.78 is 10.7. The maximum Gasteiger partial charge on any atom is 0.354 e. The summed E-state index contributed by atoms with van der Waals surface area (Å²) in [4.78, 5) is 24.9. The Bertz CT molecular complexity index is 840. The van der Waals surface area contributed by atoms with E-state index in [9.17, 15) is 9.59 Å². The van der Waals surface area contributed by atoms with Gasteiger partial charge in [0.2, 0.25) is 5.91 Å². The first-order valence-corrected chi connectivity index (χ1v) is 9.73. The van der Waals surface area contributed by atoms with E-state index in [2.05, 4.69) is 10.4 Å². The molecule has 29 heavy (non-hydrogen) atoms. The van der Waals surface area contributed by atoms with Gasteiger partial charge in [-0.2, -0.15) is 5.10 Å². The Morgan fingerprint density at radius 1 is 1.10 bits per heavy atom. The van der Waals surface area contributed by atoms with Crippen molar-refractivity contribution in [3.05, 3.63) is 60.7 Å². The summed E-state index contributed by atoms with van der Waals surface area (Å²) in [5, 5.41) is 8.85. The molecular formula is C22H25N3O4. The molecule has 2 aromatic rings. The van der Waals surface area contributed by atoms with E-state index in [4.69, 9.17) is 9.47 Å². The molecule has 1 heterocycles. The highest BCUT2D eigenvalue weighted by Crippen LogP contribution is 2.25. The van der Waals surface area contributed by atoms with E-state index >= 15 is 0 Å². The van der Waals surface area contributed by atoms with Crippen LogP contribution in [0.1, 0.15) is 19.8 Å². The lowest BCUT2D eigenvalue weighted by Crippen LogP contribution is -2.43. The quantitative estimate of drug-likeness (QED) is 0.522. The average molecular weight is 395 g/mol. The summed E-state index contributed by atoms with van der Waals surface area (Å²) in [5.74, 6) is 0.133. The maximum absolute atomic E-state index is 12.8. The number of anilines is 1. The van der Waals surface area contributed by atoms with Crippen LogP contribution in [-0.4, -0.2) is 43.4 Å². The van der Waals surface area contributed by atoms with Crippen LogP contribution < -0.4 is 15.1 Å². The Hall–Kier alpha value is -3.35. The van der Waals surface area contributed by atoms with Gasteiger partial charge in [0.1, 0.15) is 17.5 Å². The fourth-order valence-electron chi connectivity index (χ4n) is 2.98. The van der Waals surface area contributed by atoms with Crippen molar-refractivity contribution in [2.24, 2.45) is 5.10 Å². The number of nitrogens with zero attached hydrogens (tertiary/aromatic N) is 2. The topological polar surface area (TPSA) is 80.2 Å². The summed E-state index contributed by atoms with van der Waals surface area (Å²) in [6, 6.07) is 18.3. The molecule has 1 aliphatic rings. The molecule has 1 atom stereocenters. The van der Waals surface area contributed by atoms with E-state index in [0.29, 0.717) is 19.6 Å². The van der Waals surface area contributed by atoms with Crippen LogP contribution >= 0.6 is 0 Å². The third kappa shape index (κ3) is 5.57. The SMILES string of the molecule is CCOC(=O)C1=NN(c2ccccc2)C(C(=O)NCCCOc2ccccc2)C1. The van der Waals surface area contributed by atoms with Gasteiger partial charge < -0.3 is 14.8 Å². The van der Waals surface area contributed by atoms with Gasteiger partial charge in [-0.25, -0.2) is 4.79 Å². The molecule has 0 spiro atoms. The van der Waals surface area contributed by atoms with Crippen molar-refractivity contribution in [1.29, 1.82) is 0 Å². The van der Waals surface area contributed by atoms with Gasteiger partial charge in [-0.3, -0.25) is 9.80 Å². The Kier molecular flexibility index (Phi) is 7.22. The van der Waals surface area contributed by atoms with Crippen molar-refractivity contribution in [3.8, 4) is 5.75 Å². The number of carbonyl (C=O) groups is 2. The Morgan fingerprint density at radius 3 is 2.48 bits per heavy atom. The highest BCUT2D eigenvalue weighted by molar-refractivity contribution is 6.38. The third-order valence-electron chi connectivity index (χ3n) is 4.38. The number of nitrogens with one attached hydrogen (secondary N) is 1. The molecule has 3 rings (SSSR count). The molecule has 2 aromatic carbocycles. The summed E-state index contributed by atoms with van der Waals surface area (Å²) >= 11 is 0. The zero-order valence-corrected chi connectivity index (χ0v) is 16.4. The van der Waals surface area contributed by atoms with E-state index in [1.54, 1.807) is 11.9 Å². The summed E-state index contributed by atoms with van der Waals surface area (Å²) in [5.41, 5.74) is 1.00. The number of hydrogen-bond donors (Lipinski definition) is 1. The Balaban J connectivity index is 1.55. The van der Waals surface area contributed by atoms with Crippen LogP contribution in [0.3, 0.4) is 0 Å². The standard InChI is InChI=1S/C22H25N3O4/c1-2-28-22(27)19-16-20(25(24-19)17-10-5-3-6-11-17)21(26)23-14-9-15-29-18-12-7-4-8-13-18/h3-8,10-13,20H,2,9,14-16H2,1H3,(H,23,26). The number of rotatable bonds is 9. The van der Waals surface area contributed by atoms with Gasteiger partial charge in [-0.05, 0) is 37.6 Å². The number of amides is 1. The second-order valence-corrected chi connectivity index (χ2v) is 6.47. The lowest BCUT2D eigenvalue weighted by Gasteiger charge is -2.22. The van der Waals surface area contributed by atoms with E-state index in [-0.39, 0.29) is 24.6 Å². The maximum atomic E-state index is 12.8. The molecule has 1 amide bonds. The molecule has 0 fully saturated rings. The van der Waals surface area contributed by atoms with Crippen LogP contribution in [0, 0.1) is 0 Å². The fraction of sp³-hybridized carbons (Fsp3) is 0.318. The predicted molar refractivity (Wildman–Crippen MR) is 111 cm³/mol. The van der Waals surface area contributed by atoms with Gasteiger partial charge in [-0.15, -0.1) is 0 Å². The fourth-order valence-corrected chi connectivity index (χ4v) is 2.98. The van der Waals surface area contributed by atoms with E-state index in [1.807, 2.05) is 60.7 Å². The number of hydrogen-bond acceptors (Lipinski definition) is 6. The molecule has 1 aliphatic heterocycles. The predicted octanol–water partition coefficient (Wildman–Crippen LogP) is 2.77. The van der Waals surface area contributed by atoms with Gasteiger partial charge in [0.25, 0.3) is 0 Å². The van der Waals surface area contributed by atoms with Gasteiger partial charge in [-0.1, -0.05) is 36.4 Å². The van der Waals surface area contributed by atoms with Crippen LogP contribution in [0.4, 0.5) is 5.69 Å². The summed E-state index contributed by atoms with van der Waals surface area (Å²) in [6.45, 7) is 2.98. The molecular weight excluding hydrogens is 370 g/mol. The van der Waals surface area contributed by atoms with E-state index < -0.39 is 12.0 Å². The minimum absolute atomic E-state index is 0.184. The molecule has 7 nitrogen and oxygen atoms in total. The van der Waals surface area contributed by atoms with Crippen LogP contribution in [0.5, 0.6) is 5.75 Å². The van der Waals surface area contributed by atoms with Gasteiger partial charge in [0, 0.05) is 13.0 Å². The van der Waals surface area contributed by atoms with Crippen LogP contribution in [0.2, 0.25) is 0 Å². The molecule has 0 saturated carbocycles. The second-order valence-electron chi connectivity index (χ2n) is 6.47. The van der Waals surface area contributed by atoms with Crippen molar-refractivity contribution in [3.63, 3.8) is 0 Å². The van der Waals surface area contributed by atoms with Crippen molar-refractivity contribution in [2.45, 2.75) is 25.8 Å². The minimum atomic E-state index is -0.591. The van der Waals surface area contributed by atoms with Crippen LogP contribution in [0.15, 0.2) is 65.8 Å². The lowest BCUT2D eigenvalue weighted by atomic mass is 10.1. The van der Waals surface area contributed by atoms with Crippen molar-refractivity contribution < 1.29 is 19.1 Å². The normalized spacial score (nSPS) is 15.6. The molecule has 0 radical (unpaired) electrons. The molecule has 0 aliphatic carbocycles. The zero-order chi connectivity index (χ0) is 20.5. The van der Waals surface area contributed by atoms with Crippen LogP contribution in [0.25, 0.3) is 0 Å². The first-order valence-electron chi connectivity index (χ1n) is 9.73. The lowest BCUT2D eigenvalue weighted by molar-refractivity contribution is -0.135. The number of carbonyl (C=O) groups excluding carboxylic acids is 2. The number of hydrazone groups is 1. The molecule has 0 saturated heterocycles. The average Bonchev–Trinajstić information content (AvgIpc) is 3.21. The minimum Gasteiger partial charge on any atom is -0.494 e. The number of benzene rings is 2. The van der Waals surface area contributed by atoms with Crippen molar-refractivity contribution in [2.75, 3.05) is 24.8 Å². The molecule has 1 unspecified atom stereocenters. The van der Waals surface area contributed by atoms with Gasteiger partial charge in [0.15, 0.2) is 0 Å². The van der Waals surface area contributed by atoms with Crippen molar-refractivity contribution >= 4 is 23.3 Å². The molecule has 152 valence electrons. The first kappa shape index (κ1) is 20.4.